The van der Waals surface area contributed by atoms with Gasteiger partial charge in [0.15, 0.2) is 0 Å². The van der Waals surface area contributed by atoms with Gasteiger partial charge in [0.25, 0.3) is 5.91 Å². The average molecular weight is 263 g/mol. The summed E-state index contributed by atoms with van der Waals surface area (Å²) in [5, 5.41) is 6.12. The van der Waals surface area contributed by atoms with E-state index in [0.717, 1.165) is 25.1 Å². The minimum absolute atomic E-state index is 0.150. The molecule has 1 aliphatic rings. The summed E-state index contributed by atoms with van der Waals surface area (Å²) in [6, 6.07) is 3.95. The molecule has 2 rings (SSSR count). The number of carbonyl (C=O) groups is 1. The fraction of sp³-hybridized carbons (Fsp3) is 0.571. The second-order valence-corrected chi connectivity index (χ2v) is 5.07. The number of nitrogens with one attached hydrogen (secondary N) is 2. The van der Waals surface area contributed by atoms with E-state index in [9.17, 15) is 4.79 Å². The van der Waals surface area contributed by atoms with Crippen LogP contribution in [0.3, 0.4) is 0 Å². The molecule has 0 bridgehead atoms. The van der Waals surface area contributed by atoms with Crippen molar-refractivity contribution < 1.29 is 9.53 Å². The fourth-order valence-electron chi connectivity index (χ4n) is 2.08. The van der Waals surface area contributed by atoms with Crippen LogP contribution in [-0.2, 0) is 4.74 Å². The second kappa shape index (κ2) is 6.52. The van der Waals surface area contributed by atoms with Crippen molar-refractivity contribution in [1.82, 2.24) is 10.3 Å². The standard InChI is InChI=1S/C14H21N3O2/c1-10(2)17-11-5-6-15-13(8-11)14(18)16-9-12-4-3-7-19-12/h5-6,8,10,12H,3-4,7,9H2,1-2H3,(H,15,17)(H,16,18). The molecule has 1 aromatic rings. The molecular formula is C14H21N3O2. The minimum Gasteiger partial charge on any atom is -0.383 e. The summed E-state index contributed by atoms with van der Waals surface area (Å²) in [5.74, 6) is -0.150. The number of aromatic nitrogens is 1. The third-order valence-electron chi connectivity index (χ3n) is 2.96. The van der Waals surface area contributed by atoms with Crippen molar-refractivity contribution in [2.45, 2.75) is 38.8 Å². The van der Waals surface area contributed by atoms with Crippen LogP contribution in [-0.4, -0.2) is 36.2 Å². The first-order valence-corrected chi connectivity index (χ1v) is 6.77. The molecule has 104 valence electrons. The van der Waals surface area contributed by atoms with Gasteiger partial charge in [0.1, 0.15) is 5.69 Å². The third-order valence-corrected chi connectivity index (χ3v) is 2.96. The Morgan fingerprint density at radius 2 is 2.42 bits per heavy atom. The topological polar surface area (TPSA) is 63.2 Å². The van der Waals surface area contributed by atoms with E-state index in [2.05, 4.69) is 29.5 Å². The Kier molecular flexibility index (Phi) is 4.74. The predicted octanol–water partition coefficient (Wildman–Crippen LogP) is 1.81. The molecule has 0 aliphatic carbocycles. The number of rotatable bonds is 5. The molecule has 5 heteroatoms. The first-order chi connectivity index (χ1) is 9.15. The van der Waals surface area contributed by atoms with Crippen LogP contribution in [0.5, 0.6) is 0 Å². The van der Waals surface area contributed by atoms with Gasteiger partial charge in [-0.1, -0.05) is 0 Å². The highest BCUT2D eigenvalue weighted by atomic mass is 16.5. The quantitative estimate of drug-likeness (QED) is 0.850. The number of carbonyl (C=O) groups excluding carboxylic acids is 1. The number of pyridine rings is 1. The van der Waals surface area contributed by atoms with Crippen LogP contribution < -0.4 is 10.6 Å². The summed E-state index contributed by atoms with van der Waals surface area (Å²) >= 11 is 0. The summed E-state index contributed by atoms with van der Waals surface area (Å²) in [5.41, 5.74) is 1.34. The molecule has 0 radical (unpaired) electrons. The molecule has 1 atom stereocenters. The van der Waals surface area contributed by atoms with Gasteiger partial charge < -0.3 is 15.4 Å². The van der Waals surface area contributed by atoms with Crippen molar-refractivity contribution in [2.75, 3.05) is 18.5 Å². The smallest absolute Gasteiger partial charge is 0.270 e. The Morgan fingerprint density at radius 3 is 3.11 bits per heavy atom. The number of anilines is 1. The molecule has 1 saturated heterocycles. The molecule has 5 nitrogen and oxygen atoms in total. The van der Waals surface area contributed by atoms with E-state index >= 15 is 0 Å². The number of hydrogen-bond donors (Lipinski definition) is 2. The Balaban J connectivity index is 1.90. The molecule has 1 aliphatic heterocycles. The van der Waals surface area contributed by atoms with Gasteiger partial charge in [-0.15, -0.1) is 0 Å². The third kappa shape index (κ3) is 4.21. The molecular weight excluding hydrogens is 242 g/mol. The first-order valence-electron chi connectivity index (χ1n) is 6.77. The second-order valence-electron chi connectivity index (χ2n) is 5.07. The zero-order valence-electron chi connectivity index (χ0n) is 11.5. The lowest BCUT2D eigenvalue weighted by Crippen LogP contribution is -2.32. The van der Waals surface area contributed by atoms with Crippen LogP contribution in [0.15, 0.2) is 18.3 Å². The number of nitrogens with zero attached hydrogens (tertiary/aromatic N) is 1. The zero-order chi connectivity index (χ0) is 13.7. The molecule has 0 saturated carbocycles. The lowest BCUT2D eigenvalue weighted by atomic mass is 10.2. The lowest BCUT2D eigenvalue weighted by molar-refractivity contribution is 0.0854. The molecule has 0 aromatic carbocycles. The van der Waals surface area contributed by atoms with Gasteiger partial charge in [-0.2, -0.15) is 0 Å². The van der Waals surface area contributed by atoms with E-state index in [4.69, 9.17) is 4.74 Å². The summed E-state index contributed by atoms with van der Waals surface area (Å²) < 4.78 is 5.47. The van der Waals surface area contributed by atoms with E-state index < -0.39 is 0 Å². The van der Waals surface area contributed by atoms with E-state index in [0.29, 0.717) is 18.3 Å². The summed E-state index contributed by atoms with van der Waals surface area (Å²) in [4.78, 5) is 16.1. The fourth-order valence-corrected chi connectivity index (χ4v) is 2.08. The Morgan fingerprint density at radius 1 is 1.58 bits per heavy atom. The highest BCUT2D eigenvalue weighted by Crippen LogP contribution is 2.12. The maximum Gasteiger partial charge on any atom is 0.270 e. The Bertz CT molecular complexity index is 428. The van der Waals surface area contributed by atoms with Crippen molar-refractivity contribution in [3.63, 3.8) is 0 Å². The Hall–Kier alpha value is -1.62. The average Bonchev–Trinajstić information content (AvgIpc) is 2.88. The zero-order valence-corrected chi connectivity index (χ0v) is 11.5. The van der Waals surface area contributed by atoms with Gasteiger partial charge in [-0.25, -0.2) is 0 Å². The summed E-state index contributed by atoms with van der Waals surface area (Å²) in [7, 11) is 0. The van der Waals surface area contributed by atoms with Crippen molar-refractivity contribution >= 4 is 11.6 Å². The van der Waals surface area contributed by atoms with Gasteiger partial charge in [-0.05, 0) is 38.8 Å². The summed E-state index contributed by atoms with van der Waals surface area (Å²) in [6.07, 6.45) is 3.89. The number of hydrogen-bond acceptors (Lipinski definition) is 4. The predicted molar refractivity (Wildman–Crippen MR) is 74.3 cm³/mol. The number of ether oxygens (including phenoxy) is 1. The van der Waals surface area contributed by atoms with Crippen LogP contribution in [0.2, 0.25) is 0 Å². The lowest BCUT2D eigenvalue weighted by Gasteiger charge is -2.12. The van der Waals surface area contributed by atoms with Crippen molar-refractivity contribution in [2.24, 2.45) is 0 Å². The van der Waals surface area contributed by atoms with Gasteiger partial charge >= 0.3 is 0 Å². The largest absolute Gasteiger partial charge is 0.383 e. The molecule has 1 amide bonds. The van der Waals surface area contributed by atoms with Crippen molar-refractivity contribution in [3.05, 3.63) is 24.0 Å². The van der Waals surface area contributed by atoms with Crippen LogP contribution in [0.4, 0.5) is 5.69 Å². The summed E-state index contributed by atoms with van der Waals surface area (Å²) in [6.45, 7) is 5.46. The molecule has 0 spiro atoms. The van der Waals surface area contributed by atoms with Gasteiger partial charge in [0.05, 0.1) is 6.10 Å². The maximum atomic E-state index is 12.0. The van der Waals surface area contributed by atoms with Crippen LogP contribution >= 0.6 is 0 Å². The SMILES string of the molecule is CC(C)Nc1ccnc(C(=O)NCC2CCCO2)c1. The molecule has 1 fully saturated rings. The molecule has 19 heavy (non-hydrogen) atoms. The molecule has 2 heterocycles. The highest BCUT2D eigenvalue weighted by Gasteiger charge is 2.17. The molecule has 1 unspecified atom stereocenters. The monoisotopic (exact) mass is 263 g/mol. The number of amides is 1. The normalized spacial score (nSPS) is 18.6. The molecule has 2 N–H and O–H groups in total. The van der Waals surface area contributed by atoms with Crippen LogP contribution in [0.1, 0.15) is 37.2 Å². The maximum absolute atomic E-state index is 12.0. The first kappa shape index (κ1) is 13.8. The van der Waals surface area contributed by atoms with Crippen molar-refractivity contribution in [1.29, 1.82) is 0 Å². The van der Waals surface area contributed by atoms with E-state index in [1.54, 1.807) is 12.3 Å². The minimum atomic E-state index is -0.150. The molecule has 1 aromatic heterocycles. The highest BCUT2D eigenvalue weighted by molar-refractivity contribution is 5.93. The van der Waals surface area contributed by atoms with E-state index in [1.807, 2.05) is 6.07 Å². The van der Waals surface area contributed by atoms with Gasteiger partial charge in [0.2, 0.25) is 0 Å². The van der Waals surface area contributed by atoms with E-state index in [1.165, 1.54) is 0 Å². The Labute approximate surface area is 113 Å². The van der Waals surface area contributed by atoms with Gasteiger partial charge in [0, 0.05) is 31.1 Å². The van der Waals surface area contributed by atoms with Crippen molar-refractivity contribution in [3.8, 4) is 0 Å². The van der Waals surface area contributed by atoms with E-state index in [-0.39, 0.29) is 12.0 Å². The van der Waals surface area contributed by atoms with Crippen LogP contribution in [0.25, 0.3) is 0 Å². The van der Waals surface area contributed by atoms with Gasteiger partial charge in [-0.3, -0.25) is 9.78 Å². The van der Waals surface area contributed by atoms with Crippen LogP contribution in [0, 0.1) is 0 Å².